The SMILES string of the molecule is [C-]#[N+]c1ccc([N+](=O)[O-])cc1C=C. The minimum absolute atomic E-state index is 0.0256. The Morgan fingerprint density at radius 2 is 2.31 bits per heavy atom. The van der Waals surface area contributed by atoms with Crippen LogP contribution in [0.25, 0.3) is 10.9 Å². The van der Waals surface area contributed by atoms with Crippen LogP contribution in [-0.4, -0.2) is 4.92 Å². The predicted molar refractivity (Wildman–Crippen MR) is 49.4 cm³/mol. The third kappa shape index (κ3) is 1.71. The van der Waals surface area contributed by atoms with Gasteiger partial charge in [-0.1, -0.05) is 12.7 Å². The largest absolute Gasteiger partial charge is 0.267 e. The summed E-state index contributed by atoms with van der Waals surface area (Å²) < 4.78 is 0. The van der Waals surface area contributed by atoms with E-state index in [0.717, 1.165) is 0 Å². The van der Waals surface area contributed by atoms with Gasteiger partial charge in [0.25, 0.3) is 5.69 Å². The molecule has 0 amide bonds. The number of nitro benzene ring substituents is 1. The maximum Gasteiger partial charge on any atom is 0.267 e. The highest BCUT2D eigenvalue weighted by atomic mass is 16.6. The van der Waals surface area contributed by atoms with Gasteiger partial charge in [-0.05, 0) is 11.6 Å². The van der Waals surface area contributed by atoms with E-state index >= 15 is 0 Å². The lowest BCUT2D eigenvalue weighted by Crippen LogP contribution is -1.87. The Hall–Kier alpha value is -2.15. The highest BCUT2D eigenvalue weighted by Gasteiger charge is 2.07. The molecule has 0 radical (unpaired) electrons. The smallest absolute Gasteiger partial charge is 0.258 e. The zero-order chi connectivity index (χ0) is 9.84. The summed E-state index contributed by atoms with van der Waals surface area (Å²) in [5.74, 6) is 0. The molecule has 0 aromatic heterocycles. The molecule has 0 atom stereocenters. The summed E-state index contributed by atoms with van der Waals surface area (Å²) in [6.45, 7) is 10.2. The zero-order valence-corrected chi connectivity index (χ0v) is 6.73. The first-order chi connectivity index (χ1) is 6.19. The predicted octanol–water partition coefficient (Wildman–Crippen LogP) is 2.79. The summed E-state index contributed by atoms with van der Waals surface area (Å²) in [5, 5.41) is 10.4. The molecule has 1 aromatic carbocycles. The Labute approximate surface area is 75.1 Å². The summed E-state index contributed by atoms with van der Waals surface area (Å²) in [4.78, 5) is 13.1. The van der Waals surface area contributed by atoms with E-state index in [2.05, 4.69) is 11.4 Å². The van der Waals surface area contributed by atoms with Crippen molar-refractivity contribution in [2.24, 2.45) is 0 Å². The molecule has 1 rings (SSSR count). The molecular weight excluding hydrogens is 168 g/mol. The van der Waals surface area contributed by atoms with Gasteiger partial charge in [-0.25, -0.2) is 4.85 Å². The Balaban J connectivity index is 3.30. The minimum atomic E-state index is -0.499. The second-order valence-corrected chi connectivity index (χ2v) is 2.32. The van der Waals surface area contributed by atoms with Crippen LogP contribution in [0, 0.1) is 16.7 Å². The molecule has 0 spiro atoms. The number of hydrogen-bond acceptors (Lipinski definition) is 2. The van der Waals surface area contributed by atoms with Crippen molar-refractivity contribution in [2.75, 3.05) is 0 Å². The van der Waals surface area contributed by atoms with Gasteiger partial charge in [0.1, 0.15) is 0 Å². The maximum absolute atomic E-state index is 10.4. The number of hydrogen-bond donors (Lipinski definition) is 0. The Kier molecular flexibility index (Phi) is 2.41. The van der Waals surface area contributed by atoms with Crippen LogP contribution >= 0.6 is 0 Å². The van der Waals surface area contributed by atoms with Gasteiger partial charge in [-0.2, -0.15) is 0 Å². The van der Waals surface area contributed by atoms with Crippen molar-refractivity contribution in [3.8, 4) is 0 Å². The molecule has 4 heteroatoms. The summed E-state index contributed by atoms with van der Waals surface area (Å²) in [7, 11) is 0. The minimum Gasteiger partial charge on any atom is -0.258 e. The molecule has 0 N–H and O–H groups in total. The second-order valence-electron chi connectivity index (χ2n) is 2.32. The van der Waals surface area contributed by atoms with E-state index in [4.69, 9.17) is 6.57 Å². The van der Waals surface area contributed by atoms with Crippen LogP contribution < -0.4 is 0 Å². The van der Waals surface area contributed by atoms with E-state index in [1.54, 1.807) is 0 Å². The first-order valence-corrected chi connectivity index (χ1v) is 3.47. The standard InChI is InChI=1S/C9H6N2O2/c1-3-7-6-8(11(12)13)4-5-9(7)10-2/h3-6H,1H2. The maximum atomic E-state index is 10.4. The number of nitro groups is 1. The van der Waals surface area contributed by atoms with Crippen LogP contribution in [0.2, 0.25) is 0 Å². The number of nitrogens with zero attached hydrogens (tertiary/aromatic N) is 2. The van der Waals surface area contributed by atoms with E-state index in [1.165, 1.54) is 24.3 Å². The van der Waals surface area contributed by atoms with Gasteiger partial charge in [0, 0.05) is 12.1 Å². The molecular formula is C9H6N2O2. The fourth-order valence-corrected chi connectivity index (χ4v) is 0.921. The first kappa shape index (κ1) is 8.94. The quantitative estimate of drug-likeness (QED) is 0.393. The normalized spacial score (nSPS) is 8.85. The topological polar surface area (TPSA) is 47.5 Å². The molecule has 0 saturated heterocycles. The van der Waals surface area contributed by atoms with Crippen molar-refractivity contribution < 1.29 is 4.92 Å². The van der Waals surface area contributed by atoms with Crippen LogP contribution in [0.3, 0.4) is 0 Å². The fraction of sp³-hybridized carbons (Fsp3) is 0. The molecule has 13 heavy (non-hydrogen) atoms. The lowest BCUT2D eigenvalue weighted by atomic mass is 10.1. The Morgan fingerprint density at radius 1 is 1.62 bits per heavy atom. The molecule has 1 aromatic rings. The van der Waals surface area contributed by atoms with Crippen molar-refractivity contribution in [2.45, 2.75) is 0 Å². The van der Waals surface area contributed by atoms with Crippen LogP contribution in [0.4, 0.5) is 11.4 Å². The summed E-state index contributed by atoms with van der Waals surface area (Å²) in [6.07, 6.45) is 1.43. The van der Waals surface area contributed by atoms with Crippen molar-refractivity contribution in [1.82, 2.24) is 0 Å². The monoisotopic (exact) mass is 174 g/mol. The fourth-order valence-electron chi connectivity index (χ4n) is 0.921. The van der Waals surface area contributed by atoms with Gasteiger partial charge in [-0.3, -0.25) is 10.1 Å². The second kappa shape index (κ2) is 3.50. The highest BCUT2D eigenvalue weighted by Crippen LogP contribution is 2.25. The van der Waals surface area contributed by atoms with E-state index in [0.29, 0.717) is 11.3 Å². The van der Waals surface area contributed by atoms with Gasteiger partial charge in [0.15, 0.2) is 5.69 Å². The zero-order valence-electron chi connectivity index (χ0n) is 6.73. The van der Waals surface area contributed by atoms with Gasteiger partial charge < -0.3 is 0 Å². The molecule has 64 valence electrons. The molecule has 0 fully saturated rings. The van der Waals surface area contributed by atoms with E-state index in [9.17, 15) is 10.1 Å². The molecule has 0 bridgehead atoms. The number of benzene rings is 1. The first-order valence-electron chi connectivity index (χ1n) is 3.47. The van der Waals surface area contributed by atoms with Gasteiger partial charge in [-0.15, -0.1) is 0 Å². The van der Waals surface area contributed by atoms with Gasteiger partial charge in [0.2, 0.25) is 0 Å². The molecule has 0 aliphatic heterocycles. The Morgan fingerprint density at radius 3 is 2.77 bits per heavy atom. The van der Waals surface area contributed by atoms with Gasteiger partial charge in [0.05, 0.1) is 11.5 Å². The highest BCUT2D eigenvalue weighted by molar-refractivity contribution is 5.68. The summed E-state index contributed by atoms with van der Waals surface area (Å²) in [6, 6.07) is 4.06. The summed E-state index contributed by atoms with van der Waals surface area (Å²) in [5.41, 5.74) is 0.840. The Bertz CT molecular complexity index is 405. The van der Waals surface area contributed by atoms with E-state index in [1.807, 2.05) is 0 Å². The van der Waals surface area contributed by atoms with Crippen molar-refractivity contribution in [1.29, 1.82) is 0 Å². The molecule has 4 nitrogen and oxygen atoms in total. The molecule has 0 aliphatic carbocycles. The van der Waals surface area contributed by atoms with Crippen LogP contribution in [-0.2, 0) is 0 Å². The van der Waals surface area contributed by atoms with Crippen LogP contribution in [0.1, 0.15) is 5.56 Å². The average molecular weight is 174 g/mol. The van der Waals surface area contributed by atoms with Crippen LogP contribution in [0.15, 0.2) is 24.8 Å². The van der Waals surface area contributed by atoms with Crippen molar-refractivity contribution >= 4 is 17.5 Å². The molecule has 0 unspecified atom stereocenters. The van der Waals surface area contributed by atoms with Crippen molar-refractivity contribution in [3.63, 3.8) is 0 Å². The van der Waals surface area contributed by atoms with Crippen molar-refractivity contribution in [3.05, 3.63) is 51.9 Å². The molecule has 0 saturated carbocycles. The average Bonchev–Trinajstić information content (AvgIpc) is 2.16. The lowest BCUT2D eigenvalue weighted by molar-refractivity contribution is -0.384. The molecule has 0 heterocycles. The van der Waals surface area contributed by atoms with Gasteiger partial charge >= 0.3 is 0 Å². The number of non-ortho nitro benzene ring substituents is 1. The van der Waals surface area contributed by atoms with E-state index in [-0.39, 0.29) is 5.69 Å². The third-order valence-electron chi connectivity index (χ3n) is 1.56. The van der Waals surface area contributed by atoms with Crippen LogP contribution in [0.5, 0.6) is 0 Å². The lowest BCUT2D eigenvalue weighted by Gasteiger charge is -1.96. The van der Waals surface area contributed by atoms with E-state index < -0.39 is 4.92 Å². The third-order valence-corrected chi connectivity index (χ3v) is 1.56. The molecule has 0 aliphatic rings. The number of rotatable bonds is 2. The summed E-state index contributed by atoms with van der Waals surface area (Å²) >= 11 is 0.